The molecule has 1 aliphatic rings. The van der Waals surface area contributed by atoms with Crippen molar-refractivity contribution in [3.05, 3.63) is 84.2 Å². The lowest BCUT2D eigenvalue weighted by atomic mass is 10.1. The van der Waals surface area contributed by atoms with Crippen molar-refractivity contribution < 1.29 is 14.3 Å². The Kier molecular flexibility index (Phi) is 4.81. The molecule has 0 saturated carbocycles. The minimum Gasteiger partial charge on any atom is -0.454 e. The summed E-state index contributed by atoms with van der Waals surface area (Å²) in [4.78, 5) is 17.6. The molecule has 6 nitrogen and oxygen atoms in total. The molecule has 1 aliphatic heterocycles. The Bertz CT molecular complexity index is 1200. The number of aryl methyl sites for hydroxylation is 2. The quantitative estimate of drug-likeness (QED) is 0.528. The van der Waals surface area contributed by atoms with E-state index in [2.05, 4.69) is 17.4 Å². The first-order valence-corrected chi connectivity index (χ1v) is 9.94. The highest BCUT2D eigenvalue weighted by atomic mass is 16.7. The van der Waals surface area contributed by atoms with Crippen LogP contribution < -0.4 is 14.8 Å². The van der Waals surface area contributed by atoms with Crippen LogP contribution in [0.15, 0.2) is 72.8 Å². The molecule has 1 N–H and O–H groups in total. The number of benzene rings is 3. The van der Waals surface area contributed by atoms with Crippen molar-refractivity contribution in [2.24, 2.45) is 0 Å². The number of ether oxygens (including phenoxy) is 2. The molecule has 0 fully saturated rings. The summed E-state index contributed by atoms with van der Waals surface area (Å²) in [5.41, 5.74) is 3.79. The van der Waals surface area contributed by atoms with Crippen LogP contribution in [0.5, 0.6) is 11.5 Å². The number of carbonyl (C=O) groups is 1. The van der Waals surface area contributed by atoms with Crippen LogP contribution in [0.1, 0.15) is 11.4 Å². The van der Waals surface area contributed by atoms with Crippen LogP contribution >= 0.6 is 0 Å². The fraction of sp³-hybridized carbons (Fsp3) is 0.167. The highest BCUT2D eigenvalue weighted by molar-refractivity contribution is 5.92. The minimum atomic E-state index is -0.113. The van der Waals surface area contributed by atoms with Gasteiger partial charge < -0.3 is 19.4 Å². The number of hydrogen-bond donors (Lipinski definition) is 1. The van der Waals surface area contributed by atoms with Crippen LogP contribution in [0.2, 0.25) is 0 Å². The van der Waals surface area contributed by atoms with E-state index in [0.717, 1.165) is 29.7 Å². The van der Waals surface area contributed by atoms with Gasteiger partial charge in [-0.15, -0.1) is 0 Å². The highest BCUT2D eigenvalue weighted by Gasteiger charge is 2.16. The molecule has 4 aromatic rings. The zero-order chi connectivity index (χ0) is 20.3. The van der Waals surface area contributed by atoms with E-state index in [1.165, 1.54) is 5.56 Å². The number of aromatic nitrogens is 2. The van der Waals surface area contributed by atoms with Gasteiger partial charge in [0.2, 0.25) is 12.7 Å². The molecule has 6 heteroatoms. The Labute approximate surface area is 174 Å². The first-order valence-electron chi connectivity index (χ1n) is 9.94. The number of hydrogen-bond acceptors (Lipinski definition) is 4. The Hall–Kier alpha value is -3.80. The van der Waals surface area contributed by atoms with Crippen LogP contribution in [0.4, 0.5) is 5.69 Å². The number of para-hydroxylation sites is 2. The topological polar surface area (TPSA) is 65.4 Å². The number of nitrogens with zero attached hydrogens (tertiary/aromatic N) is 2. The predicted octanol–water partition coefficient (Wildman–Crippen LogP) is 4.19. The third-order valence-corrected chi connectivity index (χ3v) is 5.17. The second-order valence-electron chi connectivity index (χ2n) is 7.20. The summed E-state index contributed by atoms with van der Waals surface area (Å²) in [6.45, 7) is 0.400. The summed E-state index contributed by atoms with van der Waals surface area (Å²) in [6.07, 6.45) is 1.63. The van der Waals surface area contributed by atoms with Crippen LogP contribution in [-0.2, 0) is 24.2 Å². The first-order chi connectivity index (χ1) is 14.8. The molecular formula is C24H21N3O3. The van der Waals surface area contributed by atoms with Gasteiger partial charge >= 0.3 is 0 Å². The average Bonchev–Trinajstić information content (AvgIpc) is 3.37. The molecule has 30 heavy (non-hydrogen) atoms. The van der Waals surface area contributed by atoms with E-state index >= 15 is 0 Å². The van der Waals surface area contributed by atoms with Gasteiger partial charge in [0.1, 0.15) is 12.4 Å². The molecule has 0 radical (unpaired) electrons. The van der Waals surface area contributed by atoms with Gasteiger partial charge in [-0.05, 0) is 36.2 Å². The van der Waals surface area contributed by atoms with Crippen molar-refractivity contribution in [2.75, 3.05) is 12.1 Å². The zero-order valence-corrected chi connectivity index (χ0v) is 16.4. The maximum absolute atomic E-state index is 12.8. The van der Waals surface area contributed by atoms with E-state index in [-0.39, 0.29) is 19.2 Å². The van der Waals surface area contributed by atoms with Crippen molar-refractivity contribution in [2.45, 2.75) is 19.4 Å². The molecular weight excluding hydrogens is 378 g/mol. The second kappa shape index (κ2) is 7.91. The zero-order valence-electron chi connectivity index (χ0n) is 16.4. The smallest absolute Gasteiger partial charge is 0.244 e. The highest BCUT2D eigenvalue weighted by Crippen LogP contribution is 2.34. The molecule has 1 amide bonds. The van der Waals surface area contributed by atoms with Gasteiger partial charge in [-0.3, -0.25) is 4.79 Å². The summed E-state index contributed by atoms with van der Waals surface area (Å²) < 4.78 is 12.7. The fourth-order valence-corrected chi connectivity index (χ4v) is 3.71. The molecule has 0 spiro atoms. The summed E-state index contributed by atoms with van der Waals surface area (Å²) in [6, 6.07) is 23.6. The van der Waals surface area contributed by atoms with Crippen LogP contribution in [0.25, 0.3) is 11.0 Å². The lowest BCUT2D eigenvalue weighted by Gasteiger charge is -2.11. The normalized spacial score (nSPS) is 12.3. The van der Waals surface area contributed by atoms with Crippen molar-refractivity contribution in [3.8, 4) is 11.5 Å². The summed E-state index contributed by atoms with van der Waals surface area (Å²) in [5, 5.41) is 2.95. The molecule has 1 aromatic heterocycles. The monoisotopic (exact) mass is 399 g/mol. The standard InChI is InChI=1S/C24H21N3O3/c28-24(25-18-11-12-21-22(14-18)30-16-29-21)15-27-20-9-5-4-8-19(20)26-23(27)13-10-17-6-2-1-3-7-17/h1-9,11-12,14H,10,13,15-16H2,(H,25,28). The maximum Gasteiger partial charge on any atom is 0.244 e. The molecule has 150 valence electrons. The molecule has 0 unspecified atom stereocenters. The fourth-order valence-electron chi connectivity index (χ4n) is 3.71. The lowest BCUT2D eigenvalue weighted by molar-refractivity contribution is -0.116. The number of fused-ring (bicyclic) bond motifs is 2. The molecule has 0 saturated heterocycles. The Morgan fingerprint density at radius 2 is 1.73 bits per heavy atom. The van der Waals surface area contributed by atoms with E-state index in [1.807, 2.05) is 53.1 Å². The molecule has 3 aromatic carbocycles. The Balaban J connectivity index is 1.36. The molecule has 2 heterocycles. The lowest BCUT2D eigenvalue weighted by Crippen LogP contribution is -2.20. The minimum absolute atomic E-state index is 0.113. The predicted molar refractivity (Wildman–Crippen MR) is 115 cm³/mol. The largest absolute Gasteiger partial charge is 0.454 e. The van der Waals surface area contributed by atoms with E-state index < -0.39 is 0 Å². The summed E-state index contributed by atoms with van der Waals surface area (Å²) in [5.74, 6) is 2.13. The van der Waals surface area contributed by atoms with E-state index in [4.69, 9.17) is 14.5 Å². The van der Waals surface area contributed by atoms with Gasteiger partial charge in [-0.2, -0.15) is 0 Å². The number of rotatable bonds is 6. The van der Waals surface area contributed by atoms with Crippen molar-refractivity contribution in [3.63, 3.8) is 0 Å². The van der Waals surface area contributed by atoms with Crippen LogP contribution in [0, 0.1) is 0 Å². The van der Waals surface area contributed by atoms with Gasteiger partial charge in [0.05, 0.1) is 11.0 Å². The number of amides is 1. The van der Waals surface area contributed by atoms with Gasteiger partial charge in [0.15, 0.2) is 11.5 Å². The van der Waals surface area contributed by atoms with Gasteiger partial charge in [0, 0.05) is 18.2 Å². The maximum atomic E-state index is 12.8. The van der Waals surface area contributed by atoms with Gasteiger partial charge in [0.25, 0.3) is 0 Å². The summed E-state index contributed by atoms with van der Waals surface area (Å²) >= 11 is 0. The number of carbonyl (C=O) groups excluding carboxylic acids is 1. The second-order valence-corrected chi connectivity index (χ2v) is 7.20. The third-order valence-electron chi connectivity index (χ3n) is 5.17. The Morgan fingerprint density at radius 1 is 0.933 bits per heavy atom. The number of anilines is 1. The van der Waals surface area contributed by atoms with Crippen molar-refractivity contribution in [1.82, 2.24) is 9.55 Å². The number of nitrogens with one attached hydrogen (secondary N) is 1. The van der Waals surface area contributed by atoms with Crippen molar-refractivity contribution in [1.29, 1.82) is 0 Å². The summed E-state index contributed by atoms with van der Waals surface area (Å²) in [7, 11) is 0. The van der Waals surface area contributed by atoms with Gasteiger partial charge in [-0.25, -0.2) is 4.98 Å². The van der Waals surface area contributed by atoms with Crippen LogP contribution in [-0.4, -0.2) is 22.3 Å². The first kappa shape index (κ1) is 18.2. The Morgan fingerprint density at radius 3 is 2.63 bits per heavy atom. The number of imidazole rings is 1. The van der Waals surface area contributed by atoms with Crippen molar-refractivity contribution >= 4 is 22.6 Å². The molecule has 0 bridgehead atoms. The molecule has 0 aliphatic carbocycles. The van der Waals surface area contributed by atoms with E-state index in [0.29, 0.717) is 17.2 Å². The van der Waals surface area contributed by atoms with Gasteiger partial charge in [-0.1, -0.05) is 42.5 Å². The van der Waals surface area contributed by atoms with E-state index in [9.17, 15) is 4.79 Å². The molecule has 5 rings (SSSR count). The molecule has 0 atom stereocenters. The SMILES string of the molecule is O=C(Cn1c(CCc2ccccc2)nc2ccccc21)Nc1ccc2c(c1)OCO2. The third kappa shape index (κ3) is 3.72. The average molecular weight is 399 g/mol. The van der Waals surface area contributed by atoms with E-state index in [1.54, 1.807) is 12.1 Å². The van der Waals surface area contributed by atoms with Crippen LogP contribution in [0.3, 0.4) is 0 Å².